The van der Waals surface area contributed by atoms with Crippen LogP contribution in [0, 0.1) is 49.1 Å². The fraction of sp³-hybridized carbons (Fsp3) is 0.167. The molecule has 0 radical (unpaired) electrons. The van der Waals surface area contributed by atoms with Gasteiger partial charge >= 0.3 is 0 Å². The Bertz CT molecular complexity index is 1260. The molecule has 0 aliphatic rings. The molecule has 0 spiro atoms. The summed E-state index contributed by atoms with van der Waals surface area (Å²) in [7, 11) is 0. The van der Waals surface area contributed by atoms with Crippen LogP contribution in [0.1, 0.15) is 28.1 Å². The van der Waals surface area contributed by atoms with Gasteiger partial charge in [0.1, 0.15) is 11.6 Å². The van der Waals surface area contributed by atoms with Gasteiger partial charge in [-0.05, 0) is 74.7 Å². The zero-order valence-electron chi connectivity index (χ0n) is 17.8. The third-order valence-corrected chi connectivity index (χ3v) is 5.04. The Morgan fingerprint density at radius 3 is 2.48 bits per heavy atom. The van der Waals surface area contributed by atoms with Gasteiger partial charge < -0.3 is 9.88 Å². The maximum absolute atomic E-state index is 12.6. The normalized spacial score (nSPS) is 11.1. The van der Waals surface area contributed by atoms with E-state index in [-0.39, 0.29) is 11.3 Å². The van der Waals surface area contributed by atoms with E-state index in [1.54, 1.807) is 18.2 Å². The van der Waals surface area contributed by atoms with E-state index in [1.165, 1.54) is 12.1 Å². The minimum absolute atomic E-state index is 0.0119. The number of nitriles is 1. The topological polar surface area (TPSA) is 101 Å². The number of amides is 1. The van der Waals surface area contributed by atoms with Crippen molar-refractivity contribution in [3.63, 3.8) is 0 Å². The number of rotatable bonds is 5. The number of hydrogen-bond acceptors (Lipinski definition) is 4. The summed E-state index contributed by atoms with van der Waals surface area (Å²) in [5.41, 5.74) is 5.65. The van der Waals surface area contributed by atoms with E-state index < -0.39 is 10.8 Å². The Hall–Kier alpha value is -4.18. The molecule has 1 N–H and O–H groups in total. The van der Waals surface area contributed by atoms with E-state index in [1.807, 2.05) is 62.6 Å². The number of nitrogens with one attached hydrogen (secondary N) is 1. The number of nitrogens with zero attached hydrogens (tertiary/aromatic N) is 3. The second-order valence-electron chi connectivity index (χ2n) is 7.38. The molecule has 7 nitrogen and oxygen atoms in total. The van der Waals surface area contributed by atoms with E-state index in [4.69, 9.17) is 0 Å². The fourth-order valence-electron chi connectivity index (χ4n) is 3.53. The lowest BCUT2D eigenvalue weighted by Crippen LogP contribution is -2.13. The Labute approximate surface area is 180 Å². The monoisotopic (exact) mass is 414 g/mol. The zero-order valence-corrected chi connectivity index (χ0v) is 17.8. The predicted octanol–water partition coefficient (Wildman–Crippen LogP) is 5.16. The highest BCUT2D eigenvalue weighted by atomic mass is 16.6. The van der Waals surface area contributed by atoms with Gasteiger partial charge in [0.25, 0.3) is 11.6 Å². The van der Waals surface area contributed by atoms with Crippen LogP contribution in [0.25, 0.3) is 11.8 Å². The Kier molecular flexibility index (Phi) is 6.02. The number of benzene rings is 2. The van der Waals surface area contributed by atoms with Crippen molar-refractivity contribution in [3.8, 4) is 11.8 Å². The van der Waals surface area contributed by atoms with Crippen molar-refractivity contribution in [2.24, 2.45) is 0 Å². The van der Waals surface area contributed by atoms with Crippen LogP contribution in [0.4, 0.5) is 11.4 Å². The number of anilines is 1. The van der Waals surface area contributed by atoms with Gasteiger partial charge in [-0.2, -0.15) is 5.26 Å². The molecule has 3 rings (SSSR count). The van der Waals surface area contributed by atoms with Crippen molar-refractivity contribution in [1.82, 2.24) is 4.57 Å². The molecule has 1 amide bonds. The average Bonchev–Trinajstić information content (AvgIpc) is 2.99. The standard InChI is InChI=1S/C24H22N4O3/c1-15-6-5-7-21(10-15)26-24(29)20(14-25)13-19-12-17(3)27(18(19)4)23-9-8-22(28(30)31)11-16(23)2/h5-13H,1-4H3,(H,26,29). The third-order valence-electron chi connectivity index (χ3n) is 5.04. The van der Waals surface area contributed by atoms with Gasteiger partial charge in [-0.25, -0.2) is 0 Å². The minimum Gasteiger partial charge on any atom is -0.321 e. The van der Waals surface area contributed by atoms with Crippen molar-refractivity contribution < 1.29 is 9.72 Å². The number of aryl methyl sites for hydroxylation is 3. The number of nitro benzene ring substituents is 1. The summed E-state index contributed by atoms with van der Waals surface area (Å²) in [5, 5.41) is 23.3. The van der Waals surface area contributed by atoms with Gasteiger partial charge in [-0.3, -0.25) is 14.9 Å². The first kappa shape index (κ1) is 21.5. The molecule has 0 bridgehead atoms. The highest BCUT2D eigenvalue weighted by molar-refractivity contribution is 6.09. The Morgan fingerprint density at radius 2 is 1.87 bits per heavy atom. The molecule has 0 unspecified atom stereocenters. The molecular weight excluding hydrogens is 392 g/mol. The molecule has 1 aromatic heterocycles. The summed E-state index contributed by atoms with van der Waals surface area (Å²) in [5.74, 6) is -0.482. The van der Waals surface area contributed by atoms with Crippen LogP contribution in [-0.2, 0) is 4.79 Å². The van der Waals surface area contributed by atoms with Crippen LogP contribution in [0.3, 0.4) is 0 Å². The second-order valence-corrected chi connectivity index (χ2v) is 7.38. The molecule has 156 valence electrons. The van der Waals surface area contributed by atoms with Crippen LogP contribution < -0.4 is 5.32 Å². The average molecular weight is 414 g/mol. The Balaban J connectivity index is 1.97. The predicted molar refractivity (Wildman–Crippen MR) is 120 cm³/mol. The smallest absolute Gasteiger partial charge is 0.269 e. The summed E-state index contributed by atoms with van der Waals surface area (Å²) in [6.45, 7) is 7.52. The van der Waals surface area contributed by atoms with E-state index >= 15 is 0 Å². The highest BCUT2D eigenvalue weighted by Crippen LogP contribution is 2.27. The van der Waals surface area contributed by atoms with Gasteiger partial charge in [0.2, 0.25) is 0 Å². The molecule has 0 atom stereocenters. The first-order chi connectivity index (χ1) is 14.7. The number of carbonyl (C=O) groups is 1. The molecule has 0 aliphatic carbocycles. The summed E-state index contributed by atoms with van der Waals surface area (Å²) in [6.07, 6.45) is 1.56. The lowest BCUT2D eigenvalue weighted by molar-refractivity contribution is -0.384. The lowest BCUT2D eigenvalue weighted by Gasteiger charge is -2.12. The maximum atomic E-state index is 12.6. The van der Waals surface area contributed by atoms with E-state index in [9.17, 15) is 20.2 Å². The van der Waals surface area contributed by atoms with Gasteiger partial charge in [0.05, 0.1) is 4.92 Å². The van der Waals surface area contributed by atoms with Gasteiger partial charge in [0.15, 0.2) is 0 Å². The van der Waals surface area contributed by atoms with Crippen LogP contribution in [0.15, 0.2) is 54.1 Å². The van der Waals surface area contributed by atoms with Gasteiger partial charge in [-0.1, -0.05) is 12.1 Å². The zero-order chi connectivity index (χ0) is 22.7. The number of non-ortho nitro benzene ring substituents is 1. The summed E-state index contributed by atoms with van der Waals surface area (Å²) in [4.78, 5) is 23.2. The maximum Gasteiger partial charge on any atom is 0.269 e. The summed E-state index contributed by atoms with van der Waals surface area (Å²) in [6, 6.07) is 15.9. The van der Waals surface area contributed by atoms with Gasteiger partial charge in [0, 0.05) is 34.9 Å². The fourth-order valence-corrected chi connectivity index (χ4v) is 3.53. The molecule has 1 heterocycles. The van der Waals surface area contributed by atoms with Crippen molar-refractivity contribution in [3.05, 3.63) is 92.3 Å². The summed E-state index contributed by atoms with van der Waals surface area (Å²) >= 11 is 0. The van der Waals surface area contributed by atoms with E-state index in [0.717, 1.165) is 33.8 Å². The molecular formula is C24H22N4O3. The molecule has 3 aromatic rings. The van der Waals surface area contributed by atoms with Crippen LogP contribution in [-0.4, -0.2) is 15.4 Å². The molecule has 0 saturated heterocycles. The Morgan fingerprint density at radius 1 is 1.13 bits per heavy atom. The van der Waals surface area contributed by atoms with Crippen molar-refractivity contribution in [2.75, 3.05) is 5.32 Å². The SMILES string of the molecule is Cc1cccc(NC(=O)C(C#N)=Cc2cc(C)n(-c3ccc([N+](=O)[O-])cc3C)c2C)c1. The molecule has 2 aromatic carbocycles. The van der Waals surface area contributed by atoms with Crippen LogP contribution in [0.2, 0.25) is 0 Å². The molecule has 0 aliphatic heterocycles. The third kappa shape index (κ3) is 4.54. The minimum atomic E-state index is -0.482. The van der Waals surface area contributed by atoms with E-state index in [0.29, 0.717) is 5.69 Å². The first-order valence-corrected chi connectivity index (χ1v) is 9.65. The number of aromatic nitrogens is 1. The second kappa shape index (κ2) is 8.67. The van der Waals surface area contributed by atoms with Crippen LogP contribution >= 0.6 is 0 Å². The quantitative estimate of drug-likeness (QED) is 0.269. The number of carbonyl (C=O) groups excluding carboxylic acids is 1. The first-order valence-electron chi connectivity index (χ1n) is 9.65. The van der Waals surface area contributed by atoms with E-state index in [2.05, 4.69) is 5.32 Å². The van der Waals surface area contributed by atoms with Crippen molar-refractivity contribution >= 4 is 23.4 Å². The highest BCUT2D eigenvalue weighted by Gasteiger charge is 2.16. The van der Waals surface area contributed by atoms with Gasteiger partial charge in [-0.15, -0.1) is 0 Å². The number of hydrogen-bond donors (Lipinski definition) is 1. The van der Waals surface area contributed by atoms with Crippen molar-refractivity contribution in [1.29, 1.82) is 5.26 Å². The molecule has 31 heavy (non-hydrogen) atoms. The van der Waals surface area contributed by atoms with Crippen LogP contribution in [0.5, 0.6) is 0 Å². The molecule has 0 saturated carbocycles. The largest absolute Gasteiger partial charge is 0.321 e. The molecule has 7 heteroatoms. The lowest BCUT2D eigenvalue weighted by atomic mass is 10.1. The molecule has 0 fully saturated rings. The number of nitro groups is 1. The summed E-state index contributed by atoms with van der Waals surface area (Å²) < 4.78 is 1.96. The van der Waals surface area contributed by atoms with Crippen molar-refractivity contribution in [2.45, 2.75) is 27.7 Å².